The molecule has 1 fully saturated rings. The fourth-order valence-electron chi connectivity index (χ4n) is 4.65. The zero-order chi connectivity index (χ0) is 23.8. The number of likely N-dealkylation sites (tertiary alicyclic amines) is 1. The molecule has 0 saturated carbocycles. The fourth-order valence-corrected chi connectivity index (χ4v) is 5.79. The Morgan fingerprint density at radius 2 is 1.80 bits per heavy atom. The molecule has 6 nitrogen and oxygen atoms in total. The molecule has 7 heteroatoms. The Bertz CT molecular complexity index is 1460. The number of pyridine rings is 1. The zero-order valence-electron chi connectivity index (χ0n) is 19.6. The van der Waals surface area contributed by atoms with Crippen LogP contribution < -0.4 is 4.74 Å². The third kappa shape index (κ3) is 4.51. The summed E-state index contributed by atoms with van der Waals surface area (Å²) < 4.78 is 9.16. The van der Waals surface area contributed by atoms with Crippen LogP contribution in [0.1, 0.15) is 45.4 Å². The van der Waals surface area contributed by atoms with Crippen LogP contribution in [0.5, 0.6) is 5.75 Å². The van der Waals surface area contributed by atoms with Gasteiger partial charge < -0.3 is 14.0 Å². The highest BCUT2D eigenvalue weighted by Gasteiger charge is 2.26. The fraction of sp³-hybridized carbons (Fsp3) is 0.250. The van der Waals surface area contributed by atoms with E-state index in [0.29, 0.717) is 18.1 Å². The maximum absolute atomic E-state index is 13.1. The number of piperidine rings is 1. The SMILES string of the molecule is Cc1ccc2nc(COc3ccc(C(=O)N4CCC(c5nc6ccccc6s5)CC4)cc3)cn2c1. The second-order valence-electron chi connectivity index (χ2n) is 9.10. The standard InChI is InChI=1S/C28H26N4O2S/c1-19-6-11-26-29-22(17-32(26)16-19)18-34-23-9-7-21(8-10-23)28(33)31-14-12-20(13-15-31)27-30-24-4-2-3-5-25(24)35-27/h2-11,16-17,20H,12-15,18H2,1H3. The normalized spacial score (nSPS) is 14.6. The second kappa shape index (κ2) is 9.15. The van der Waals surface area contributed by atoms with Gasteiger partial charge in [-0.1, -0.05) is 18.2 Å². The number of fused-ring (bicyclic) bond motifs is 2. The number of hydrogen-bond donors (Lipinski definition) is 0. The van der Waals surface area contributed by atoms with E-state index in [1.807, 2.05) is 64.2 Å². The lowest BCUT2D eigenvalue weighted by atomic mass is 9.97. The Morgan fingerprint density at radius 1 is 1.00 bits per heavy atom. The van der Waals surface area contributed by atoms with Gasteiger partial charge in [0.05, 0.1) is 20.9 Å². The van der Waals surface area contributed by atoms with Gasteiger partial charge in [-0.25, -0.2) is 9.97 Å². The van der Waals surface area contributed by atoms with Crippen molar-refractivity contribution in [3.63, 3.8) is 0 Å². The first kappa shape index (κ1) is 21.8. The number of carbonyl (C=O) groups excluding carboxylic acids is 1. The lowest BCUT2D eigenvalue weighted by Gasteiger charge is -2.31. The number of thiazole rings is 1. The highest BCUT2D eigenvalue weighted by atomic mass is 32.1. The summed E-state index contributed by atoms with van der Waals surface area (Å²) in [6, 6.07) is 19.8. The molecule has 0 unspecified atom stereocenters. The first-order chi connectivity index (χ1) is 17.1. The molecular formula is C28H26N4O2S. The quantitative estimate of drug-likeness (QED) is 0.315. The number of para-hydroxylation sites is 1. The summed E-state index contributed by atoms with van der Waals surface area (Å²) in [5.74, 6) is 1.23. The third-order valence-corrected chi connectivity index (χ3v) is 7.78. The van der Waals surface area contributed by atoms with Gasteiger partial charge in [-0.15, -0.1) is 11.3 Å². The molecule has 0 atom stereocenters. The topological polar surface area (TPSA) is 59.7 Å². The van der Waals surface area contributed by atoms with Crippen molar-refractivity contribution >= 4 is 33.1 Å². The molecule has 2 aromatic carbocycles. The van der Waals surface area contributed by atoms with Gasteiger partial charge in [-0.05, 0) is 67.8 Å². The van der Waals surface area contributed by atoms with Crippen LogP contribution in [0.4, 0.5) is 0 Å². The lowest BCUT2D eigenvalue weighted by Crippen LogP contribution is -2.37. The number of amides is 1. The van der Waals surface area contributed by atoms with E-state index in [2.05, 4.69) is 30.1 Å². The highest BCUT2D eigenvalue weighted by molar-refractivity contribution is 7.18. The van der Waals surface area contributed by atoms with Crippen LogP contribution in [0.15, 0.2) is 73.1 Å². The van der Waals surface area contributed by atoms with Gasteiger partial charge in [0.25, 0.3) is 5.91 Å². The van der Waals surface area contributed by atoms with E-state index in [-0.39, 0.29) is 5.91 Å². The monoisotopic (exact) mass is 482 g/mol. The van der Waals surface area contributed by atoms with Gasteiger partial charge in [0.15, 0.2) is 0 Å². The summed E-state index contributed by atoms with van der Waals surface area (Å²) >= 11 is 1.78. The first-order valence-corrected chi connectivity index (χ1v) is 12.8. The Labute approximate surface area is 207 Å². The van der Waals surface area contributed by atoms with Gasteiger partial charge in [-0.2, -0.15) is 0 Å². The predicted octanol–water partition coefficient (Wildman–Crippen LogP) is 5.85. The molecule has 6 rings (SSSR count). The van der Waals surface area contributed by atoms with Crippen molar-refractivity contribution < 1.29 is 9.53 Å². The van der Waals surface area contributed by atoms with E-state index in [4.69, 9.17) is 9.72 Å². The summed E-state index contributed by atoms with van der Waals surface area (Å²) in [5, 5.41) is 1.19. The van der Waals surface area contributed by atoms with E-state index in [0.717, 1.165) is 48.5 Å². The van der Waals surface area contributed by atoms with E-state index < -0.39 is 0 Å². The molecule has 0 spiro atoms. The number of ether oxygens (including phenoxy) is 1. The summed E-state index contributed by atoms with van der Waals surface area (Å²) in [6.45, 7) is 3.95. The Morgan fingerprint density at radius 3 is 2.60 bits per heavy atom. The molecule has 1 aliphatic heterocycles. The molecule has 1 saturated heterocycles. The van der Waals surface area contributed by atoms with E-state index >= 15 is 0 Å². The molecule has 0 bridgehead atoms. The van der Waals surface area contributed by atoms with Crippen molar-refractivity contribution in [1.82, 2.24) is 19.3 Å². The van der Waals surface area contributed by atoms with Gasteiger partial charge in [0, 0.05) is 37.0 Å². The summed E-state index contributed by atoms with van der Waals surface area (Å²) in [5.41, 5.74) is 4.72. The first-order valence-electron chi connectivity index (χ1n) is 11.9. The molecule has 176 valence electrons. The highest BCUT2D eigenvalue weighted by Crippen LogP contribution is 2.34. The van der Waals surface area contributed by atoms with E-state index in [9.17, 15) is 4.79 Å². The third-order valence-electron chi connectivity index (χ3n) is 6.58. The number of aryl methyl sites for hydroxylation is 1. The Kier molecular flexibility index (Phi) is 5.70. The Hall–Kier alpha value is -3.71. The van der Waals surface area contributed by atoms with Gasteiger partial charge in [-0.3, -0.25) is 4.79 Å². The van der Waals surface area contributed by atoms with Crippen molar-refractivity contribution in [3.05, 3.63) is 94.9 Å². The number of rotatable bonds is 5. The number of benzene rings is 2. The number of carbonyl (C=O) groups is 1. The van der Waals surface area contributed by atoms with Crippen molar-refractivity contribution in [3.8, 4) is 5.75 Å². The van der Waals surface area contributed by atoms with Crippen LogP contribution >= 0.6 is 11.3 Å². The van der Waals surface area contributed by atoms with Gasteiger partial charge >= 0.3 is 0 Å². The number of nitrogens with zero attached hydrogens (tertiary/aromatic N) is 4. The maximum Gasteiger partial charge on any atom is 0.253 e. The largest absolute Gasteiger partial charge is 0.487 e. The second-order valence-corrected chi connectivity index (χ2v) is 10.2. The van der Waals surface area contributed by atoms with Crippen LogP contribution in [-0.2, 0) is 6.61 Å². The molecule has 35 heavy (non-hydrogen) atoms. The number of hydrogen-bond acceptors (Lipinski definition) is 5. The smallest absolute Gasteiger partial charge is 0.253 e. The van der Waals surface area contributed by atoms with Crippen molar-refractivity contribution in [2.75, 3.05) is 13.1 Å². The minimum absolute atomic E-state index is 0.0787. The van der Waals surface area contributed by atoms with Gasteiger partial charge in [0.1, 0.15) is 18.0 Å². The van der Waals surface area contributed by atoms with Crippen LogP contribution in [0, 0.1) is 6.92 Å². The molecule has 5 aromatic rings. The summed E-state index contributed by atoms with van der Waals surface area (Å²) in [4.78, 5) is 24.4. The number of imidazole rings is 1. The summed E-state index contributed by atoms with van der Waals surface area (Å²) in [7, 11) is 0. The molecule has 1 aliphatic rings. The summed E-state index contributed by atoms with van der Waals surface area (Å²) in [6.07, 6.45) is 5.93. The zero-order valence-corrected chi connectivity index (χ0v) is 20.4. The molecule has 0 N–H and O–H groups in total. The molecule has 1 amide bonds. The number of aromatic nitrogens is 3. The lowest BCUT2D eigenvalue weighted by molar-refractivity contribution is 0.0713. The molecule has 3 aromatic heterocycles. The average molecular weight is 483 g/mol. The van der Waals surface area contributed by atoms with E-state index in [1.165, 1.54) is 15.3 Å². The van der Waals surface area contributed by atoms with Gasteiger partial charge in [0.2, 0.25) is 0 Å². The molecule has 0 radical (unpaired) electrons. The predicted molar refractivity (Wildman–Crippen MR) is 138 cm³/mol. The van der Waals surface area contributed by atoms with Crippen molar-refractivity contribution in [2.45, 2.75) is 32.3 Å². The molecule has 0 aliphatic carbocycles. The van der Waals surface area contributed by atoms with E-state index in [1.54, 1.807) is 11.3 Å². The van der Waals surface area contributed by atoms with Crippen LogP contribution in [-0.4, -0.2) is 38.3 Å². The van der Waals surface area contributed by atoms with Crippen LogP contribution in [0.2, 0.25) is 0 Å². The minimum atomic E-state index is 0.0787. The molecule has 4 heterocycles. The maximum atomic E-state index is 13.1. The average Bonchev–Trinajstić information content (AvgIpc) is 3.51. The Balaban J connectivity index is 1.05. The molecular weight excluding hydrogens is 456 g/mol. The minimum Gasteiger partial charge on any atom is -0.487 e. The van der Waals surface area contributed by atoms with Crippen LogP contribution in [0.3, 0.4) is 0 Å². The van der Waals surface area contributed by atoms with Crippen LogP contribution in [0.25, 0.3) is 15.9 Å². The van der Waals surface area contributed by atoms with Crippen molar-refractivity contribution in [1.29, 1.82) is 0 Å². The van der Waals surface area contributed by atoms with Crippen molar-refractivity contribution in [2.24, 2.45) is 0 Å².